The van der Waals surface area contributed by atoms with E-state index >= 15 is 0 Å². The summed E-state index contributed by atoms with van der Waals surface area (Å²) in [6, 6.07) is 8.44. The first-order chi connectivity index (χ1) is 18.4. The summed E-state index contributed by atoms with van der Waals surface area (Å²) < 4.78 is 0. The van der Waals surface area contributed by atoms with E-state index in [2.05, 4.69) is 53.8 Å². The summed E-state index contributed by atoms with van der Waals surface area (Å²) in [6.45, 7) is 9.00. The van der Waals surface area contributed by atoms with Crippen LogP contribution in [0.3, 0.4) is 0 Å². The van der Waals surface area contributed by atoms with Crippen LogP contribution in [0.5, 0.6) is 0 Å². The number of rotatable bonds is 11. The van der Waals surface area contributed by atoms with Crippen LogP contribution in [0.1, 0.15) is 53.5 Å². The first kappa shape index (κ1) is 28.2. The third-order valence-corrected chi connectivity index (χ3v) is 8.76. The zero-order valence-corrected chi connectivity index (χ0v) is 23.9. The number of carbonyl (C=O) groups is 2. The SMILES string of the molecule is Cc1ncnc(C)c1C(=O)NCCC(C)N1CCC(N(Cc2ccsc2)C(=O)CSc2ccccn2)CC1. The van der Waals surface area contributed by atoms with Gasteiger partial charge in [0.25, 0.3) is 5.91 Å². The van der Waals surface area contributed by atoms with Gasteiger partial charge in [-0.1, -0.05) is 17.8 Å². The molecule has 1 N–H and O–H groups in total. The molecule has 1 unspecified atom stereocenters. The lowest BCUT2D eigenvalue weighted by Gasteiger charge is -2.41. The van der Waals surface area contributed by atoms with Gasteiger partial charge in [0.2, 0.25) is 5.91 Å². The molecule has 1 aliphatic rings. The van der Waals surface area contributed by atoms with E-state index in [1.54, 1.807) is 17.5 Å². The number of carbonyl (C=O) groups excluding carboxylic acids is 2. The number of nitrogens with zero attached hydrogens (tertiary/aromatic N) is 5. The zero-order chi connectivity index (χ0) is 26.9. The van der Waals surface area contributed by atoms with Crippen LogP contribution in [0.2, 0.25) is 0 Å². The Kier molecular flexibility index (Phi) is 10.3. The molecule has 8 nitrogen and oxygen atoms in total. The lowest BCUT2D eigenvalue weighted by Crippen LogP contribution is -2.49. The molecule has 202 valence electrons. The molecule has 1 saturated heterocycles. The molecule has 2 amide bonds. The van der Waals surface area contributed by atoms with Crippen molar-refractivity contribution in [1.29, 1.82) is 0 Å². The topological polar surface area (TPSA) is 91.3 Å². The number of hydrogen-bond acceptors (Lipinski definition) is 8. The summed E-state index contributed by atoms with van der Waals surface area (Å²) in [5.41, 5.74) is 3.15. The maximum Gasteiger partial charge on any atom is 0.254 e. The molecule has 10 heteroatoms. The van der Waals surface area contributed by atoms with Crippen LogP contribution in [0.15, 0.2) is 52.6 Å². The Hall–Kier alpha value is -2.82. The van der Waals surface area contributed by atoms with Crippen LogP contribution in [0.4, 0.5) is 0 Å². The number of likely N-dealkylation sites (tertiary alicyclic amines) is 1. The summed E-state index contributed by atoms with van der Waals surface area (Å²) in [5, 5.41) is 8.11. The normalized spacial score (nSPS) is 15.2. The molecule has 0 saturated carbocycles. The first-order valence-corrected chi connectivity index (χ1v) is 15.0. The molecular formula is C28H36N6O2S2. The minimum absolute atomic E-state index is 0.113. The van der Waals surface area contributed by atoms with E-state index in [0.717, 1.165) is 37.4 Å². The van der Waals surface area contributed by atoms with Crippen molar-refractivity contribution in [2.24, 2.45) is 0 Å². The van der Waals surface area contributed by atoms with Crippen LogP contribution >= 0.6 is 23.1 Å². The van der Waals surface area contributed by atoms with E-state index < -0.39 is 0 Å². The summed E-state index contributed by atoms with van der Waals surface area (Å²) in [7, 11) is 0. The molecule has 0 aliphatic carbocycles. The predicted molar refractivity (Wildman–Crippen MR) is 152 cm³/mol. The van der Waals surface area contributed by atoms with Gasteiger partial charge in [0.15, 0.2) is 0 Å². The van der Waals surface area contributed by atoms with Gasteiger partial charge in [-0.15, -0.1) is 0 Å². The number of thioether (sulfide) groups is 1. The molecule has 4 heterocycles. The Morgan fingerprint density at radius 3 is 2.58 bits per heavy atom. The zero-order valence-electron chi connectivity index (χ0n) is 22.3. The van der Waals surface area contributed by atoms with Crippen molar-refractivity contribution in [3.05, 3.63) is 70.1 Å². The molecule has 1 aliphatic heterocycles. The maximum absolute atomic E-state index is 13.3. The highest BCUT2D eigenvalue weighted by Gasteiger charge is 2.30. The Bertz CT molecular complexity index is 1160. The third-order valence-electron chi connectivity index (χ3n) is 7.10. The van der Waals surface area contributed by atoms with Crippen molar-refractivity contribution in [3.63, 3.8) is 0 Å². The molecule has 0 radical (unpaired) electrons. The third kappa shape index (κ3) is 7.61. The van der Waals surface area contributed by atoms with Gasteiger partial charge in [-0.05, 0) is 74.6 Å². The molecule has 0 spiro atoms. The Labute approximate surface area is 233 Å². The van der Waals surface area contributed by atoms with Crippen LogP contribution in [0.25, 0.3) is 0 Å². The molecule has 3 aromatic rings. The van der Waals surface area contributed by atoms with Gasteiger partial charge in [-0.25, -0.2) is 15.0 Å². The second-order valence-corrected chi connectivity index (χ2v) is 11.5. The molecule has 3 aromatic heterocycles. The number of amides is 2. The van der Waals surface area contributed by atoms with Crippen molar-refractivity contribution in [1.82, 2.24) is 30.1 Å². The van der Waals surface area contributed by atoms with Crippen LogP contribution in [-0.4, -0.2) is 74.0 Å². The summed E-state index contributed by atoms with van der Waals surface area (Å²) in [6.07, 6.45) is 6.00. The fraction of sp³-hybridized carbons (Fsp3) is 0.464. The van der Waals surface area contributed by atoms with E-state index in [0.29, 0.717) is 41.8 Å². The van der Waals surface area contributed by atoms with Crippen molar-refractivity contribution in [3.8, 4) is 0 Å². The minimum Gasteiger partial charge on any atom is -0.352 e. The summed E-state index contributed by atoms with van der Waals surface area (Å²) >= 11 is 3.16. The van der Waals surface area contributed by atoms with E-state index in [9.17, 15) is 9.59 Å². The van der Waals surface area contributed by atoms with Crippen molar-refractivity contribution < 1.29 is 9.59 Å². The number of aryl methyl sites for hydroxylation is 2. The fourth-order valence-corrected chi connectivity index (χ4v) is 6.28. The van der Waals surface area contributed by atoms with Gasteiger partial charge in [0, 0.05) is 44.5 Å². The van der Waals surface area contributed by atoms with Gasteiger partial charge in [0.1, 0.15) is 6.33 Å². The highest BCUT2D eigenvalue weighted by molar-refractivity contribution is 7.99. The molecule has 0 aromatic carbocycles. The van der Waals surface area contributed by atoms with Crippen LogP contribution < -0.4 is 5.32 Å². The minimum atomic E-state index is -0.113. The molecule has 1 atom stereocenters. The number of hydrogen-bond donors (Lipinski definition) is 1. The first-order valence-electron chi connectivity index (χ1n) is 13.1. The number of piperidine rings is 1. The Balaban J connectivity index is 1.27. The molecule has 0 bridgehead atoms. The number of thiophene rings is 1. The van der Waals surface area contributed by atoms with Crippen LogP contribution in [-0.2, 0) is 11.3 Å². The average molecular weight is 553 g/mol. The fourth-order valence-electron chi connectivity index (χ4n) is 4.88. The van der Waals surface area contributed by atoms with E-state index in [4.69, 9.17) is 0 Å². The van der Waals surface area contributed by atoms with E-state index in [-0.39, 0.29) is 17.9 Å². The van der Waals surface area contributed by atoms with Gasteiger partial charge in [-0.3, -0.25) is 9.59 Å². The Morgan fingerprint density at radius 1 is 1.16 bits per heavy atom. The predicted octanol–water partition coefficient (Wildman–Crippen LogP) is 4.34. The van der Waals surface area contributed by atoms with Crippen molar-refractivity contribution >= 4 is 34.9 Å². The highest BCUT2D eigenvalue weighted by Crippen LogP contribution is 2.24. The maximum atomic E-state index is 13.3. The highest BCUT2D eigenvalue weighted by atomic mass is 32.2. The monoisotopic (exact) mass is 552 g/mol. The Morgan fingerprint density at radius 2 is 1.92 bits per heavy atom. The number of pyridine rings is 1. The van der Waals surface area contributed by atoms with Gasteiger partial charge in [-0.2, -0.15) is 11.3 Å². The lowest BCUT2D eigenvalue weighted by atomic mass is 10.00. The molecule has 38 heavy (non-hydrogen) atoms. The molecular weight excluding hydrogens is 516 g/mol. The van der Waals surface area contributed by atoms with Gasteiger partial charge < -0.3 is 15.1 Å². The second kappa shape index (κ2) is 13.8. The standard InChI is InChI=1S/C28H36N6O2S2/c1-20(7-12-30-28(36)27-21(2)31-19-32-22(27)3)33-13-8-24(9-14-33)34(16-23-10-15-37-17-23)26(35)18-38-25-6-4-5-11-29-25/h4-6,10-11,15,17,19-20,24H,7-9,12-14,16,18H2,1-3H3,(H,30,36). The molecule has 4 rings (SSSR count). The number of nitrogens with one attached hydrogen (secondary N) is 1. The van der Waals surface area contributed by atoms with E-state index in [1.807, 2.05) is 32.0 Å². The summed E-state index contributed by atoms with van der Waals surface area (Å²) in [4.78, 5) is 43.2. The summed E-state index contributed by atoms with van der Waals surface area (Å²) in [5.74, 6) is 0.442. The van der Waals surface area contributed by atoms with Gasteiger partial charge >= 0.3 is 0 Å². The van der Waals surface area contributed by atoms with Crippen molar-refractivity contribution in [2.45, 2.75) is 63.7 Å². The smallest absolute Gasteiger partial charge is 0.254 e. The largest absolute Gasteiger partial charge is 0.352 e. The van der Waals surface area contributed by atoms with Gasteiger partial charge in [0.05, 0.1) is 27.7 Å². The number of aromatic nitrogens is 3. The van der Waals surface area contributed by atoms with Crippen LogP contribution in [0, 0.1) is 13.8 Å². The lowest BCUT2D eigenvalue weighted by molar-refractivity contribution is -0.132. The second-order valence-electron chi connectivity index (χ2n) is 9.69. The van der Waals surface area contributed by atoms with E-state index in [1.165, 1.54) is 23.7 Å². The van der Waals surface area contributed by atoms with Crippen molar-refractivity contribution in [2.75, 3.05) is 25.4 Å². The average Bonchev–Trinajstić information content (AvgIpc) is 3.44. The quantitative estimate of drug-likeness (QED) is 0.354. The molecule has 1 fully saturated rings.